The number of ketones is 1. The summed E-state index contributed by atoms with van der Waals surface area (Å²) in [6, 6.07) is 6.53. The van der Waals surface area contributed by atoms with Gasteiger partial charge in [-0.3, -0.25) is 24.8 Å². The molecule has 1 aromatic carbocycles. The molecule has 1 spiro atoms. The molecule has 0 bridgehead atoms. The van der Waals surface area contributed by atoms with Crippen LogP contribution >= 0.6 is 34.5 Å². The zero-order valence-electron chi connectivity index (χ0n) is 19.5. The number of likely N-dealkylation sites (tertiary alicyclic amines) is 1. The highest BCUT2D eigenvalue weighted by molar-refractivity contribution is 7.11. The Morgan fingerprint density at radius 1 is 1.16 bits per heavy atom. The van der Waals surface area contributed by atoms with Gasteiger partial charge in [-0.25, -0.2) is 10.8 Å². The van der Waals surface area contributed by atoms with Gasteiger partial charge >= 0.3 is 5.92 Å². The Labute approximate surface area is 229 Å². The molecule has 3 unspecified atom stereocenters. The summed E-state index contributed by atoms with van der Waals surface area (Å²) in [6.07, 6.45) is 2.86. The number of carbonyl (C=O) groups excluding carboxylic acids is 3. The van der Waals surface area contributed by atoms with Crippen LogP contribution in [-0.2, 0) is 15.5 Å². The minimum Gasteiger partial charge on any atom is -0.345 e. The molecule has 5 rings (SSSR count). The molecular formula is C24H20Cl2F2N6O3S. The van der Waals surface area contributed by atoms with Gasteiger partial charge in [0.1, 0.15) is 16.7 Å². The minimum absolute atomic E-state index is 0.0163. The number of hydrazine groups is 1. The van der Waals surface area contributed by atoms with Gasteiger partial charge < -0.3 is 9.80 Å². The Bertz CT molecular complexity index is 1400. The molecule has 3 atom stereocenters. The van der Waals surface area contributed by atoms with Gasteiger partial charge in [0.25, 0.3) is 5.91 Å². The van der Waals surface area contributed by atoms with E-state index in [1.165, 1.54) is 33.8 Å². The Morgan fingerprint density at radius 3 is 2.58 bits per heavy atom. The third kappa shape index (κ3) is 4.21. The van der Waals surface area contributed by atoms with Crippen molar-refractivity contribution in [2.45, 2.75) is 12.0 Å². The fraction of sp³-hybridized carbons (Fsp3) is 0.292. The molecule has 14 heteroatoms. The molecular weight excluding hydrogens is 561 g/mol. The van der Waals surface area contributed by atoms with Gasteiger partial charge in [0, 0.05) is 36.8 Å². The lowest BCUT2D eigenvalue weighted by Crippen LogP contribution is -2.74. The fourth-order valence-corrected chi connectivity index (χ4v) is 6.17. The standard InChI is InChI=1S/C24H20Cl2F2N6O3S/c25-15-5-4-13(7-16(15)26)24(27,28)20(35)19-23(11-34(19)18-3-1-2-6-31-18)10-33(9-14(23)21(36)32-29)22(37)17-8-30-12-38-17/h1-8,12,14,19H,9-11,29H2,(H,32,36). The number of nitrogens with one attached hydrogen (secondary N) is 1. The second kappa shape index (κ2) is 9.84. The summed E-state index contributed by atoms with van der Waals surface area (Å²) < 4.78 is 31.7. The summed E-state index contributed by atoms with van der Waals surface area (Å²) in [7, 11) is 0. The molecule has 2 aromatic heterocycles. The fourth-order valence-electron chi connectivity index (χ4n) is 5.28. The van der Waals surface area contributed by atoms with Crippen LogP contribution in [0.15, 0.2) is 54.3 Å². The summed E-state index contributed by atoms with van der Waals surface area (Å²) in [6.45, 7) is -0.223. The quantitative estimate of drug-likeness (QED) is 0.261. The summed E-state index contributed by atoms with van der Waals surface area (Å²) in [4.78, 5) is 51.1. The van der Waals surface area contributed by atoms with Crippen LogP contribution in [0, 0.1) is 11.3 Å². The minimum atomic E-state index is -4.00. The zero-order valence-corrected chi connectivity index (χ0v) is 21.8. The number of aromatic nitrogens is 2. The number of anilines is 1. The first-order chi connectivity index (χ1) is 18.1. The second-order valence-corrected chi connectivity index (χ2v) is 10.8. The number of hydrogen-bond donors (Lipinski definition) is 2. The number of nitrogens with two attached hydrogens (primary N) is 1. The molecule has 3 aromatic rings. The topological polar surface area (TPSA) is 122 Å². The first-order valence-electron chi connectivity index (χ1n) is 11.3. The van der Waals surface area contributed by atoms with Crippen LogP contribution < -0.4 is 16.2 Å². The van der Waals surface area contributed by atoms with Gasteiger partial charge in [0.05, 0.1) is 27.7 Å². The Hall–Kier alpha value is -3.19. The Balaban J connectivity index is 1.58. The lowest BCUT2D eigenvalue weighted by Gasteiger charge is -2.57. The third-order valence-electron chi connectivity index (χ3n) is 7.08. The highest BCUT2D eigenvalue weighted by Crippen LogP contribution is 2.53. The normalized spacial score (nSPS) is 22.9. The Morgan fingerprint density at radius 2 is 1.95 bits per heavy atom. The number of pyridine rings is 1. The summed E-state index contributed by atoms with van der Waals surface area (Å²) >= 11 is 13.0. The van der Waals surface area contributed by atoms with Crippen molar-refractivity contribution in [2.24, 2.45) is 17.2 Å². The summed E-state index contributed by atoms with van der Waals surface area (Å²) in [5.41, 5.74) is 1.55. The molecule has 2 saturated heterocycles. The largest absolute Gasteiger partial charge is 0.345 e. The van der Waals surface area contributed by atoms with E-state index < -0.39 is 46.5 Å². The van der Waals surface area contributed by atoms with E-state index in [4.69, 9.17) is 29.0 Å². The van der Waals surface area contributed by atoms with Crippen molar-refractivity contribution in [1.82, 2.24) is 20.3 Å². The van der Waals surface area contributed by atoms with Crippen molar-refractivity contribution >= 4 is 58.0 Å². The van der Waals surface area contributed by atoms with E-state index in [2.05, 4.69) is 15.4 Å². The number of Topliss-reactive ketones (excluding diaryl/α,β-unsaturated/α-hetero) is 1. The molecule has 2 aliphatic rings. The summed E-state index contributed by atoms with van der Waals surface area (Å²) in [5, 5.41) is -0.0780. The maximum atomic E-state index is 15.8. The molecule has 2 amide bonds. The van der Waals surface area contributed by atoms with Crippen molar-refractivity contribution in [3.63, 3.8) is 0 Å². The van der Waals surface area contributed by atoms with Gasteiger partial charge in [-0.1, -0.05) is 35.3 Å². The summed E-state index contributed by atoms with van der Waals surface area (Å²) in [5.74, 6) is -1.86. The van der Waals surface area contributed by atoms with E-state index >= 15 is 8.78 Å². The van der Waals surface area contributed by atoms with Crippen LogP contribution in [0.4, 0.5) is 14.6 Å². The second-order valence-electron chi connectivity index (χ2n) is 9.13. The highest BCUT2D eigenvalue weighted by atomic mass is 35.5. The average molecular weight is 581 g/mol. The van der Waals surface area contributed by atoms with E-state index in [1.807, 2.05) is 0 Å². The predicted octanol–water partition coefficient (Wildman–Crippen LogP) is 3.14. The van der Waals surface area contributed by atoms with Gasteiger partial charge in [-0.2, -0.15) is 8.78 Å². The number of rotatable bonds is 6. The predicted molar refractivity (Wildman–Crippen MR) is 137 cm³/mol. The lowest BCUT2D eigenvalue weighted by atomic mass is 9.62. The van der Waals surface area contributed by atoms with Gasteiger partial charge in [-0.05, 0) is 24.3 Å². The SMILES string of the molecule is NNC(=O)C1CN(C(=O)c2cncs2)CC12CN(c1ccccn1)C2C(=O)C(F)(F)c1ccc(Cl)c(Cl)c1. The molecule has 3 N–H and O–H groups in total. The number of benzene rings is 1. The van der Waals surface area contributed by atoms with Crippen molar-refractivity contribution in [1.29, 1.82) is 0 Å². The smallest absolute Gasteiger partial charge is 0.332 e. The molecule has 0 radical (unpaired) electrons. The number of alkyl halides is 2. The number of hydrogen-bond acceptors (Lipinski definition) is 8. The first kappa shape index (κ1) is 26.4. The van der Waals surface area contributed by atoms with Crippen LogP contribution in [0.1, 0.15) is 15.2 Å². The molecule has 0 saturated carbocycles. The van der Waals surface area contributed by atoms with Crippen molar-refractivity contribution in [3.8, 4) is 0 Å². The number of thiazole rings is 1. The molecule has 4 heterocycles. The third-order valence-corrected chi connectivity index (χ3v) is 8.58. The molecule has 2 aliphatic heterocycles. The van der Waals surface area contributed by atoms with E-state index in [9.17, 15) is 14.4 Å². The number of nitrogens with zero attached hydrogens (tertiary/aromatic N) is 4. The van der Waals surface area contributed by atoms with Crippen LogP contribution in [0.3, 0.4) is 0 Å². The first-order valence-corrected chi connectivity index (χ1v) is 13.0. The van der Waals surface area contributed by atoms with E-state index in [-0.39, 0.29) is 35.5 Å². The van der Waals surface area contributed by atoms with Crippen molar-refractivity contribution in [2.75, 3.05) is 24.5 Å². The van der Waals surface area contributed by atoms with E-state index in [0.29, 0.717) is 4.88 Å². The van der Waals surface area contributed by atoms with E-state index in [0.717, 1.165) is 23.5 Å². The molecule has 198 valence electrons. The van der Waals surface area contributed by atoms with Crippen LogP contribution in [0.5, 0.6) is 0 Å². The molecule has 0 aliphatic carbocycles. The van der Waals surface area contributed by atoms with Crippen molar-refractivity contribution in [3.05, 3.63) is 74.8 Å². The highest BCUT2D eigenvalue weighted by Gasteiger charge is 2.69. The molecule has 2 fully saturated rings. The number of amides is 2. The van der Waals surface area contributed by atoms with Gasteiger partial charge in [0.2, 0.25) is 11.7 Å². The number of halogens is 4. The number of carbonyl (C=O) groups is 3. The maximum absolute atomic E-state index is 15.8. The van der Waals surface area contributed by atoms with Crippen LogP contribution in [0.25, 0.3) is 0 Å². The average Bonchev–Trinajstić information content (AvgIpc) is 3.58. The zero-order chi connectivity index (χ0) is 27.2. The molecule has 38 heavy (non-hydrogen) atoms. The van der Waals surface area contributed by atoms with Crippen LogP contribution in [-0.4, -0.2) is 58.1 Å². The van der Waals surface area contributed by atoms with E-state index in [1.54, 1.807) is 18.2 Å². The monoisotopic (exact) mass is 580 g/mol. The lowest BCUT2D eigenvalue weighted by molar-refractivity contribution is -0.154. The Kier molecular flexibility index (Phi) is 6.84. The van der Waals surface area contributed by atoms with Crippen LogP contribution in [0.2, 0.25) is 10.0 Å². The van der Waals surface area contributed by atoms with Crippen molar-refractivity contribution < 1.29 is 23.2 Å². The maximum Gasteiger partial charge on any atom is 0.332 e. The molecule has 9 nitrogen and oxygen atoms in total. The van der Waals surface area contributed by atoms with Gasteiger partial charge in [0.15, 0.2) is 0 Å². The van der Waals surface area contributed by atoms with Gasteiger partial charge in [-0.15, -0.1) is 11.3 Å².